The largest absolute Gasteiger partial charge is 0.476 e. The van der Waals surface area contributed by atoms with Crippen molar-refractivity contribution in [1.82, 2.24) is 14.9 Å². The summed E-state index contributed by atoms with van der Waals surface area (Å²) in [5.41, 5.74) is 1.02. The lowest BCUT2D eigenvalue weighted by Crippen LogP contribution is -2.21. The maximum Gasteiger partial charge on any atom is 0.216 e. The molecular formula is C15H27N3O. The van der Waals surface area contributed by atoms with E-state index >= 15 is 0 Å². The molecule has 0 N–H and O–H groups in total. The highest BCUT2D eigenvalue weighted by Gasteiger charge is 2.19. The van der Waals surface area contributed by atoms with Gasteiger partial charge in [-0.1, -0.05) is 34.1 Å². The second-order valence-electron chi connectivity index (χ2n) is 6.17. The van der Waals surface area contributed by atoms with Gasteiger partial charge in [0, 0.05) is 23.7 Å². The van der Waals surface area contributed by atoms with Gasteiger partial charge in [-0.05, 0) is 20.5 Å². The first-order valence-electron chi connectivity index (χ1n) is 6.99. The fourth-order valence-electron chi connectivity index (χ4n) is 1.60. The molecule has 1 heterocycles. The molecule has 4 nitrogen and oxygen atoms in total. The topological polar surface area (TPSA) is 38.2 Å². The Morgan fingerprint density at radius 3 is 2.42 bits per heavy atom. The van der Waals surface area contributed by atoms with Crippen molar-refractivity contribution in [2.24, 2.45) is 0 Å². The third-order valence-corrected chi connectivity index (χ3v) is 2.72. The van der Waals surface area contributed by atoms with E-state index in [1.54, 1.807) is 0 Å². The standard InChI is InChI=1S/C15H27N3O/c1-7-8-12-11-13(19-10-9-18(5)6)17-14(16-12)15(2,3)4/h11H,7-10H2,1-6H3. The molecule has 1 aromatic heterocycles. The highest BCUT2D eigenvalue weighted by Crippen LogP contribution is 2.21. The average molecular weight is 265 g/mol. The summed E-state index contributed by atoms with van der Waals surface area (Å²) >= 11 is 0. The first kappa shape index (κ1) is 15.9. The molecular weight excluding hydrogens is 238 g/mol. The lowest BCUT2D eigenvalue weighted by Gasteiger charge is -2.19. The van der Waals surface area contributed by atoms with Gasteiger partial charge in [0.15, 0.2) is 0 Å². The van der Waals surface area contributed by atoms with Gasteiger partial charge in [0.2, 0.25) is 5.88 Å². The van der Waals surface area contributed by atoms with Crippen LogP contribution in [0, 0.1) is 0 Å². The number of hydrogen-bond donors (Lipinski definition) is 0. The van der Waals surface area contributed by atoms with Crippen LogP contribution in [0.4, 0.5) is 0 Å². The van der Waals surface area contributed by atoms with E-state index in [0.717, 1.165) is 30.9 Å². The van der Waals surface area contributed by atoms with Crippen molar-refractivity contribution in [3.05, 3.63) is 17.6 Å². The second kappa shape index (κ2) is 6.85. The molecule has 1 aromatic rings. The fraction of sp³-hybridized carbons (Fsp3) is 0.733. The number of aryl methyl sites for hydroxylation is 1. The fourth-order valence-corrected chi connectivity index (χ4v) is 1.60. The summed E-state index contributed by atoms with van der Waals surface area (Å²) in [6, 6.07) is 1.97. The molecule has 108 valence electrons. The van der Waals surface area contributed by atoms with Gasteiger partial charge < -0.3 is 9.64 Å². The number of likely N-dealkylation sites (N-methyl/N-ethyl adjacent to an activating group) is 1. The van der Waals surface area contributed by atoms with E-state index in [0.29, 0.717) is 12.5 Å². The molecule has 0 aromatic carbocycles. The van der Waals surface area contributed by atoms with E-state index < -0.39 is 0 Å². The lowest BCUT2D eigenvalue weighted by atomic mass is 9.95. The molecule has 0 bridgehead atoms. The highest BCUT2D eigenvalue weighted by molar-refractivity contribution is 5.19. The molecule has 0 saturated carbocycles. The summed E-state index contributed by atoms with van der Waals surface area (Å²) in [6.07, 6.45) is 2.05. The molecule has 4 heteroatoms. The number of hydrogen-bond acceptors (Lipinski definition) is 4. The van der Waals surface area contributed by atoms with Gasteiger partial charge in [0.1, 0.15) is 12.4 Å². The van der Waals surface area contributed by atoms with Crippen LogP contribution >= 0.6 is 0 Å². The smallest absolute Gasteiger partial charge is 0.216 e. The maximum absolute atomic E-state index is 5.75. The molecule has 0 radical (unpaired) electrons. The summed E-state index contributed by atoms with van der Waals surface area (Å²) in [7, 11) is 4.07. The van der Waals surface area contributed by atoms with Gasteiger partial charge >= 0.3 is 0 Å². The van der Waals surface area contributed by atoms with Crippen LogP contribution in [-0.2, 0) is 11.8 Å². The van der Waals surface area contributed by atoms with Gasteiger partial charge in [0.05, 0.1) is 0 Å². The van der Waals surface area contributed by atoms with Crippen LogP contribution in [0.3, 0.4) is 0 Å². The summed E-state index contributed by atoms with van der Waals surface area (Å²) in [6.45, 7) is 10.1. The monoisotopic (exact) mass is 265 g/mol. The second-order valence-corrected chi connectivity index (χ2v) is 6.17. The molecule has 1 rings (SSSR count). The molecule has 0 fully saturated rings. The van der Waals surface area contributed by atoms with Crippen LogP contribution in [0.2, 0.25) is 0 Å². The summed E-state index contributed by atoms with van der Waals surface area (Å²) in [4.78, 5) is 11.3. The SMILES string of the molecule is CCCc1cc(OCCN(C)C)nc(C(C)(C)C)n1. The van der Waals surface area contributed by atoms with Crippen molar-refractivity contribution in [3.63, 3.8) is 0 Å². The summed E-state index contributed by atoms with van der Waals surface area (Å²) in [5, 5.41) is 0. The number of aromatic nitrogens is 2. The van der Waals surface area contributed by atoms with Gasteiger partial charge in [-0.3, -0.25) is 0 Å². The third kappa shape index (κ3) is 5.55. The van der Waals surface area contributed by atoms with Gasteiger partial charge in [0.25, 0.3) is 0 Å². The average Bonchev–Trinajstić information content (AvgIpc) is 2.27. The molecule has 0 spiro atoms. The summed E-state index contributed by atoms with van der Waals surface area (Å²) < 4.78 is 5.75. The molecule has 0 aliphatic rings. The first-order valence-corrected chi connectivity index (χ1v) is 6.99. The van der Waals surface area contributed by atoms with Crippen LogP contribution in [0.5, 0.6) is 5.88 Å². The first-order chi connectivity index (χ1) is 8.82. The lowest BCUT2D eigenvalue weighted by molar-refractivity contribution is 0.251. The Labute approximate surface area is 117 Å². The number of rotatable bonds is 6. The van der Waals surface area contributed by atoms with Gasteiger partial charge in [-0.15, -0.1) is 0 Å². The predicted octanol–water partition coefficient (Wildman–Crippen LogP) is 2.67. The Bertz CT molecular complexity index is 397. The zero-order valence-corrected chi connectivity index (χ0v) is 13.2. The van der Waals surface area contributed by atoms with Gasteiger partial charge in [-0.2, -0.15) is 4.98 Å². The van der Waals surface area contributed by atoms with Gasteiger partial charge in [-0.25, -0.2) is 4.98 Å². The minimum atomic E-state index is -0.0522. The van der Waals surface area contributed by atoms with Crippen LogP contribution in [0.1, 0.15) is 45.6 Å². The molecule has 0 aliphatic heterocycles. The summed E-state index contributed by atoms with van der Waals surface area (Å²) in [5.74, 6) is 1.56. The van der Waals surface area contributed by atoms with Crippen molar-refractivity contribution in [1.29, 1.82) is 0 Å². The van der Waals surface area contributed by atoms with E-state index in [9.17, 15) is 0 Å². The van der Waals surface area contributed by atoms with Crippen molar-refractivity contribution in [2.75, 3.05) is 27.2 Å². The van der Waals surface area contributed by atoms with Crippen molar-refractivity contribution < 1.29 is 4.74 Å². The molecule has 19 heavy (non-hydrogen) atoms. The van der Waals surface area contributed by atoms with Crippen molar-refractivity contribution in [2.45, 2.75) is 46.0 Å². The molecule has 0 unspecified atom stereocenters. The molecule has 0 aliphatic carbocycles. The molecule has 0 saturated heterocycles. The Morgan fingerprint density at radius 2 is 1.89 bits per heavy atom. The highest BCUT2D eigenvalue weighted by atomic mass is 16.5. The predicted molar refractivity (Wildman–Crippen MR) is 78.8 cm³/mol. The molecule has 0 atom stereocenters. The number of nitrogens with zero attached hydrogens (tertiary/aromatic N) is 3. The Hall–Kier alpha value is -1.16. The van der Waals surface area contributed by atoms with Crippen LogP contribution < -0.4 is 4.74 Å². The van der Waals surface area contributed by atoms with Crippen LogP contribution in [-0.4, -0.2) is 42.1 Å². The van der Waals surface area contributed by atoms with E-state index in [2.05, 4.69) is 42.6 Å². The Kier molecular flexibility index (Phi) is 5.73. The number of ether oxygens (including phenoxy) is 1. The van der Waals surface area contributed by atoms with E-state index in [1.807, 2.05) is 20.2 Å². The van der Waals surface area contributed by atoms with Crippen LogP contribution in [0.25, 0.3) is 0 Å². The Morgan fingerprint density at radius 1 is 1.21 bits per heavy atom. The Balaban J connectivity index is 2.87. The van der Waals surface area contributed by atoms with Crippen LogP contribution in [0.15, 0.2) is 6.07 Å². The zero-order valence-electron chi connectivity index (χ0n) is 13.2. The minimum absolute atomic E-state index is 0.0522. The normalized spacial score (nSPS) is 11.9. The quantitative estimate of drug-likeness (QED) is 0.792. The van der Waals surface area contributed by atoms with Crippen molar-refractivity contribution in [3.8, 4) is 5.88 Å². The maximum atomic E-state index is 5.75. The van der Waals surface area contributed by atoms with E-state index in [4.69, 9.17) is 4.74 Å². The zero-order chi connectivity index (χ0) is 14.5. The minimum Gasteiger partial charge on any atom is -0.476 e. The van der Waals surface area contributed by atoms with E-state index in [-0.39, 0.29) is 5.41 Å². The van der Waals surface area contributed by atoms with Crippen molar-refractivity contribution >= 4 is 0 Å². The van der Waals surface area contributed by atoms with E-state index in [1.165, 1.54) is 0 Å². The third-order valence-electron chi connectivity index (χ3n) is 2.72. The molecule has 0 amide bonds.